The standard InChI is InChI=1S/C20H22N4O3/c1-12-13(2)19-16(22-11-23-19)9-15(12)24-20(25)21-8-7-14-10-26-17-5-3-4-6-18(17)27-14/h3-6,9,11,14H,7-8,10H2,1-2H3,(H,22,23)(H2,21,24,25)/t14-/m1/s1. The van der Waals surface area contributed by atoms with Crippen LogP contribution in [0, 0.1) is 13.8 Å². The van der Waals surface area contributed by atoms with Gasteiger partial charge < -0.3 is 25.1 Å². The Balaban J connectivity index is 1.31. The Morgan fingerprint density at radius 2 is 2.07 bits per heavy atom. The number of fused-ring (bicyclic) bond motifs is 2. The molecule has 7 heteroatoms. The molecule has 1 aliphatic heterocycles. The highest BCUT2D eigenvalue weighted by Gasteiger charge is 2.20. The van der Waals surface area contributed by atoms with Crippen LogP contribution in [-0.2, 0) is 0 Å². The van der Waals surface area contributed by atoms with E-state index in [-0.39, 0.29) is 12.1 Å². The molecule has 0 bridgehead atoms. The van der Waals surface area contributed by atoms with Gasteiger partial charge in [0.1, 0.15) is 12.7 Å². The van der Waals surface area contributed by atoms with Gasteiger partial charge in [-0.15, -0.1) is 0 Å². The van der Waals surface area contributed by atoms with Crippen molar-refractivity contribution in [2.45, 2.75) is 26.4 Å². The minimum absolute atomic E-state index is 0.0782. The molecule has 3 aromatic rings. The first kappa shape index (κ1) is 17.2. The molecular formula is C20H22N4O3. The number of H-pyrrole nitrogens is 1. The van der Waals surface area contributed by atoms with E-state index in [9.17, 15) is 4.79 Å². The molecule has 1 aliphatic rings. The zero-order valence-corrected chi connectivity index (χ0v) is 15.3. The fourth-order valence-corrected chi connectivity index (χ4v) is 3.19. The third-order valence-electron chi connectivity index (χ3n) is 4.85. The lowest BCUT2D eigenvalue weighted by Crippen LogP contribution is -2.36. The monoisotopic (exact) mass is 366 g/mol. The second kappa shape index (κ2) is 7.19. The molecule has 0 aliphatic carbocycles. The fourth-order valence-electron chi connectivity index (χ4n) is 3.19. The zero-order valence-electron chi connectivity index (χ0n) is 15.3. The summed E-state index contributed by atoms with van der Waals surface area (Å²) in [7, 11) is 0. The quantitative estimate of drug-likeness (QED) is 0.659. The number of para-hydroxylation sites is 2. The first-order valence-electron chi connectivity index (χ1n) is 8.98. The Morgan fingerprint density at radius 1 is 1.26 bits per heavy atom. The number of amides is 2. The molecule has 0 saturated carbocycles. The number of anilines is 1. The van der Waals surface area contributed by atoms with E-state index in [0.29, 0.717) is 19.6 Å². The van der Waals surface area contributed by atoms with Crippen LogP contribution >= 0.6 is 0 Å². The molecule has 2 heterocycles. The van der Waals surface area contributed by atoms with Gasteiger partial charge in [-0.05, 0) is 43.2 Å². The number of carbonyl (C=O) groups is 1. The molecule has 0 radical (unpaired) electrons. The number of aromatic amines is 1. The van der Waals surface area contributed by atoms with E-state index in [1.165, 1.54) is 0 Å². The average molecular weight is 366 g/mol. The molecule has 2 amide bonds. The number of aromatic nitrogens is 2. The number of imidazole rings is 1. The molecule has 27 heavy (non-hydrogen) atoms. The van der Waals surface area contributed by atoms with Crippen molar-refractivity contribution in [3.05, 3.63) is 47.8 Å². The smallest absolute Gasteiger partial charge is 0.319 e. The molecule has 1 atom stereocenters. The van der Waals surface area contributed by atoms with Crippen molar-refractivity contribution >= 4 is 22.8 Å². The molecule has 0 unspecified atom stereocenters. The normalized spacial score (nSPS) is 15.6. The van der Waals surface area contributed by atoms with Crippen LogP contribution < -0.4 is 20.1 Å². The number of nitrogens with zero attached hydrogens (tertiary/aromatic N) is 1. The maximum atomic E-state index is 12.3. The van der Waals surface area contributed by atoms with Crippen molar-refractivity contribution in [2.24, 2.45) is 0 Å². The van der Waals surface area contributed by atoms with E-state index in [0.717, 1.165) is 39.3 Å². The number of rotatable bonds is 4. The average Bonchev–Trinajstić information content (AvgIpc) is 3.14. The lowest BCUT2D eigenvalue weighted by atomic mass is 10.1. The van der Waals surface area contributed by atoms with Gasteiger partial charge in [0.25, 0.3) is 0 Å². The van der Waals surface area contributed by atoms with Gasteiger partial charge >= 0.3 is 6.03 Å². The topological polar surface area (TPSA) is 88.3 Å². The van der Waals surface area contributed by atoms with Crippen molar-refractivity contribution in [3.63, 3.8) is 0 Å². The summed E-state index contributed by atoms with van der Waals surface area (Å²) in [5, 5.41) is 5.80. The summed E-state index contributed by atoms with van der Waals surface area (Å²) in [6, 6.07) is 9.26. The number of urea groups is 1. The first-order valence-corrected chi connectivity index (χ1v) is 8.98. The number of hydrogen-bond donors (Lipinski definition) is 3. The van der Waals surface area contributed by atoms with Crippen LogP contribution in [0.5, 0.6) is 11.5 Å². The highest BCUT2D eigenvalue weighted by molar-refractivity contribution is 5.94. The lowest BCUT2D eigenvalue weighted by Gasteiger charge is -2.26. The molecule has 2 aromatic carbocycles. The largest absolute Gasteiger partial charge is 0.486 e. The number of carbonyl (C=O) groups excluding carboxylic acids is 1. The summed E-state index contributed by atoms with van der Waals surface area (Å²) < 4.78 is 11.6. The van der Waals surface area contributed by atoms with Gasteiger partial charge in [0.2, 0.25) is 0 Å². The van der Waals surface area contributed by atoms with Crippen LogP contribution in [0.15, 0.2) is 36.7 Å². The highest BCUT2D eigenvalue weighted by atomic mass is 16.6. The summed E-state index contributed by atoms with van der Waals surface area (Å²) in [4.78, 5) is 19.7. The molecule has 0 saturated heterocycles. The van der Waals surface area contributed by atoms with Gasteiger partial charge in [0.15, 0.2) is 11.5 Å². The summed E-state index contributed by atoms with van der Waals surface area (Å²) in [5.41, 5.74) is 4.65. The van der Waals surface area contributed by atoms with Gasteiger partial charge in [-0.1, -0.05) is 12.1 Å². The second-order valence-electron chi connectivity index (χ2n) is 6.64. The predicted molar refractivity (Wildman–Crippen MR) is 104 cm³/mol. The summed E-state index contributed by atoms with van der Waals surface area (Å²) in [6.45, 7) is 4.95. The Labute approximate surface area is 157 Å². The van der Waals surface area contributed by atoms with Gasteiger partial charge in [0.05, 0.1) is 17.4 Å². The van der Waals surface area contributed by atoms with Gasteiger partial charge in [-0.3, -0.25) is 0 Å². The lowest BCUT2D eigenvalue weighted by molar-refractivity contribution is 0.0854. The van der Waals surface area contributed by atoms with Crippen molar-refractivity contribution in [1.29, 1.82) is 0 Å². The molecule has 4 rings (SSSR count). The van der Waals surface area contributed by atoms with Gasteiger partial charge in [0, 0.05) is 18.7 Å². The zero-order chi connectivity index (χ0) is 18.8. The van der Waals surface area contributed by atoms with E-state index < -0.39 is 0 Å². The number of ether oxygens (including phenoxy) is 2. The Morgan fingerprint density at radius 3 is 2.93 bits per heavy atom. The van der Waals surface area contributed by atoms with Crippen molar-refractivity contribution in [1.82, 2.24) is 15.3 Å². The third kappa shape index (κ3) is 3.53. The van der Waals surface area contributed by atoms with Crippen molar-refractivity contribution in [2.75, 3.05) is 18.5 Å². The van der Waals surface area contributed by atoms with Crippen LogP contribution in [0.3, 0.4) is 0 Å². The highest BCUT2D eigenvalue weighted by Crippen LogP contribution is 2.31. The molecule has 0 spiro atoms. The van der Waals surface area contributed by atoms with E-state index in [2.05, 4.69) is 20.6 Å². The minimum Gasteiger partial charge on any atom is -0.486 e. The molecular weight excluding hydrogens is 344 g/mol. The maximum absolute atomic E-state index is 12.3. The van der Waals surface area contributed by atoms with Crippen molar-refractivity contribution < 1.29 is 14.3 Å². The first-order chi connectivity index (χ1) is 13.1. The van der Waals surface area contributed by atoms with Crippen LogP contribution in [0.1, 0.15) is 17.5 Å². The third-order valence-corrected chi connectivity index (χ3v) is 4.85. The predicted octanol–water partition coefficient (Wildman–Crippen LogP) is 3.53. The summed E-state index contributed by atoms with van der Waals surface area (Å²) >= 11 is 0. The fraction of sp³-hybridized carbons (Fsp3) is 0.300. The van der Waals surface area contributed by atoms with Crippen LogP contribution in [0.25, 0.3) is 11.0 Å². The van der Waals surface area contributed by atoms with Gasteiger partial charge in [-0.2, -0.15) is 0 Å². The summed E-state index contributed by atoms with van der Waals surface area (Å²) in [6.07, 6.45) is 2.25. The van der Waals surface area contributed by atoms with E-state index in [4.69, 9.17) is 9.47 Å². The second-order valence-corrected chi connectivity index (χ2v) is 6.64. The maximum Gasteiger partial charge on any atom is 0.319 e. The molecule has 1 aromatic heterocycles. The number of nitrogens with one attached hydrogen (secondary N) is 3. The summed E-state index contributed by atoms with van der Waals surface area (Å²) in [5.74, 6) is 1.51. The number of benzene rings is 2. The Hall–Kier alpha value is -3.22. The number of aryl methyl sites for hydroxylation is 1. The van der Waals surface area contributed by atoms with Crippen LogP contribution in [0.2, 0.25) is 0 Å². The van der Waals surface area contributed by atoms with E-state index >= 15 is 0 Å². The Kier molecular flexibility index (Phi) is 4.58. The molecule has 7 nitrogen and oxygen atoms in total. The molecule has 0 fully saturated rings. The van der Waals surface area contributed by atoms with Gasteiger partial charge in [-0.25, -0.2) is 9.78 Å². The minimum atomic E-state index is -0.242. The van der Waals surface area contributed by atoms with Crippen LogP contribution in [0.4, 0.5) is 10.5 Å². The molecule has 3 N–H and O–H groups in total. The number of hydrogen-bond acceptors (Lipinski definition) is 4. The van der Waals surface area contributed by atoms with Crippen LogP contribution in [-0.4, -0.2) is 35.3 Å². The SMILES string of the molecule is Cc1c(NC(=O)NCC[C@@H]2COc3ccccc3O2)cc2[nH]cnc2c1C. The van der Waals surface area contributed by atoms with E-state index in [1.807, 2.05) is 44.2 Å². The molecule has 140 valence electrons. The van der Waals surface area contributed by atoms with Crippen molar-refractivity contribution in [3.8, 4) is 11.5 Å². The Bertz CT molecular complexity index is 983. The van der Waals surface area contributed by atoms with E-state index in [1.54, 1.807) is 6.33 Å².